The first-order valence-electron chi connectivity index (χ1n) is 3.49. The number of amides is 1. The molecule has 0 N–H and O–H groups in total. The average molecular weight is 158 g/mol. The van der Waals surface area contributed by atoms with Crippen molar-refractivity contribution in [2.75, 3.05) is 13.1 Å². The quantitative estimate of drug-likeness (QED) is 0.607. The SMILES string of the molecule is CCN(CC)C(=O)C(F)C#N. The summed E-state index contributed by atoms with van der Waals surface area (Å²) in [4.78, 5) is 12.2. The molecule has 0 bridgehead atoms. The van der Waals surface area contributed by atoms with Crippen molar-refractivity contribution in [3.05, 3.63) is 0 Å². The lowest BCUT2D eigenvalue weighted by Gasteiger charge is -2.17. The van der Waals surface area contributed by atoms with Crippen molar-refractivity contribution in [1.29, 1.82) is 5.26 Å². The molecule has 0 aliphatic rings. The van der Waals surface area contributed by atoms with Gasteiger partial charge in [-0.2, -0.15) is 5.26 Å². The van der Waals surface area contributed by atoms with E-state index in [9.17, 15) is 9.18 Å². The molecular formula is C7H11FN2O. The summed E-state index contributed by atoms with van der Waals surface area (Å²) in [5.41, 5.74) is 0. The van der Waals surface area contributed by atoms with Crippen molar-refractivity contribution in [2.24, 2.45) is 0 Å². The van der Waals surface area contributed by atoms with Crippen LogP contribution in [-0.4, -0.2) is 30.1 Å². The zero-order valence-corrected chi connectivity index (χ0v) is 6.67. The van der Waals surface area contributed by atoms with Crippen molar-refractivity contribution in [3.63, 3.8) is 0 Å². The van der Waals surface area contributed by atoms with Gasteiger partial charge in [-0.15, -0.1) is 0 Å². The zero-order valence-electron chi connectivity index (χ0n) is 6.67. The van der Waals surface area contributed by atoms with E-state index in [0.29, 0.717) is 13.1 Å². The summed E-state index contributed by atoms with van der Waals surface area (Å²) < 4.78 is 12.4. The molecule has 0 aliphatic heterocycles. The van der Waals surface area contributed by atoms with Crippen LogP contribution >= 0.6 is 0 Å². The maximum atomic E-state index is 12.4. The molecule has 11 heavy (non-hydrogen) atoms. The largest absolute Gasteiger partial charge is 0.340 e. The van der Waals surface area contributed by atoms with Crippen LogP contribution in [0.5, 0.6) is 0 Å². The first-order chi connectivity index (χ1) is 5.17. The molecule has 0 aromatic carbocycles. The van der Waals surface area contributed by atoms with E-state index in [1.54, 1.807) is 13.8 Å². The second-order valence-electron chi connectivity index (χ2n) is 2.00. The third-order valence-corrected chi connectivity index (χ3v) is 1.41. The minimum Gasteiger partial charge on any atom is -0.340 e. The molecule has 0 rings (SSSR count). The second-order valence-corrected chi connectivity index (χ2v) is 2.00. The van der Waals surface area contributed by atoms with E-state index in [-0.39, 0.29) is 0 Å². The first-order valence-corrected chi connectivity index (χ1v) is 3.49. The van der Waals surface area contributed by atoms with E-state index >= 15 is 0 Å². The highest BCUT2D eigenvalue weighted by molar-refractivity contribution is 5.83. The van der Waals surface area contributed by atoms with Gasteiger partial charge in [-0.3, -0.25) is 4.79 Å². The normalized spacial score (nSPS) is 11.8. The fraction of sp³-hybridized carbons (Fsp3) is 0.714. The zero-order chi connectivity index (χ0) is 8.85. The molecule has 0 radical (unpaired) electrons. The Labute approximate surface area is 65.4 Å². The number of rotatable bonds is 3. The Morgan fingerprint density at radius 1 is 1.64 bits per heavy atom. The van der Waals surface area contributed by atoms with Crippen LogP contribution in [0.1, 0.15) is 13.8 Å². The van der Waals surface area contributed by atoms with E-state index in [1.807, 2.05) is 0 Å². The molecule has 0 aromatic heterocycles. The number of hydrogen-bond acceptors (Lipinski definition) is 2. The molecule has 0 saturated heterocycles. The molecule has 4 heteroatoms. The minimum absolute atomic E-state index is 0.442. The molecule has 62 valence electrons. The predicted molar refractivity (Wildman–Crippen MR) is 38.4 cm³/mol. The summed E-state index contributed by atoms with van der Waals surface area (Å²) in [6.45, 7) is 4.37. The summed E-state index contributed by atoms with van der Waals surface area (Å²) in [5.74, 6) is -0.738. The number of carbonyl (C=O) groups excluding carboxylic acids is 1. The van der Waals surface area contributed by atoms with Gasteiger partial charge in [-0.25, -0.2) is 4.39 Å². The number of hydrogen-bond donors (Lipinski definition) is 0. The fourth-order valence-corrected chi connectivity index (χ4v) is 0.751. The number of nitriles is 1. The highest BCUT2D eigenvalue weighted by atomic mass is 19.1. The van der Waals surface area contributed by atoms with E-state index in [2.05, 4.69) is 0 Å². The molecule has 0 spiro atoms. The lowest BCUT2D eigenvalue weighted by Crippen LogP contribution is -2.36. The van der Waals surface area contributed by atoms with Crippen molar-refractivity contribution < 1.29 is 9.18 Å². The monoisotopic (exact) mass is 158 g/mol. The van der Waals surface area contributed by atoms with Crippen LogP contribution in [-0.2, 0) is 4.79 Å². The molecule has 0 saturated carbocycles. The summed E-state index contributed by atoms with van der Waals surface area (Å²) in [5, 5.41) is 8.07. The Balaban J connectivity index is 4.11. The standard InChI is InChI=1S/C7H11FN2O/c1-3-10(4-2)7(11)6(8)5-9/h6H,3-4H2,1-2H3. The van der Waals surface area contributed by atoms with Crippen molar-refractivity contribution in [2.45, 2.75) is 20.0 Å². The average Bonchev–Trinajstić information content (AvgIpc) is 2.05. The fourth-order valence-electron chi connectivity index (χ4n) is 0.751. The van der Waals surface area contributed by atoms with Crippen LogP contribution in [0.15, 0.2) is 0 Å². The van der Waals surface area contributed by atoms with Gasteiger partial charge in [0.15, 0.2) is 0 Å². The lowest BCUT2D eigenvalue weighted by molar-refractivity contribution is -0.134. The number of nitrogens with zero attached hydrogens (tertiary/aromatic N) is 2. The molecule has 1 unspecified atom stereocenters. The predicted octanol–water partition coefficient (Wildman–Crippen LogP) is 0.716. The van der Waals surface area contributed by atoms with Crippen LogP contribution in [0.2, 0.25) is 0 Å². The maximum Gasteiger partial charge on any atom is 0.271 e. The molecule has 3 nitrogen and oxygen atoms in total. The smallest absolute Gasteiger partial charge is 0.271 e. The second kappa shape index (κ2) is 4.67. The molecular weight excluding hydrogens is 147 g/mol. The molecule has 1 atom stereocenters. The molecule has 0 heterocycles. The summed E-state index contributed by atoms with van der Waals surface area (Å²) >= 11 is 0. The number of halogens is 1. The van der Waals surface area contributed by atoms with E-state index in [4.69, 9.17) is 5.26 Å². The van der Waals surface area contributed by atoms with Crippen molar-refractivity contribution in [1.82, 2.24) is 4.90 Å². The lowest BCUT2D eigenvalue weighted by atomic mass is 10.3. The van der Waals surface area contributed by atoms with Gasteiger partial charge < -0.3 is 4.90 Å². The van der Waals surface area contributed by atoms with Crippen LogP contribution in [0.25, 0.3) is 0 Å². The van der Waals surface area contributed by atoms with E-state index < -0.39 is 12.1 Å². The van der Waals surface area contributed by atoms with Crippen LogP contribution in [0, 0.1) is 11.3 Å². The Hall–Kier alpha value is -1.11. The third-order valence-electron chi connectivity index (χ3n) is 1.41. The minimum atomic E-state index is -2.00. The van der Waals surface area contributed by atoms with Gasteiger partial charge in [-0.1, -0.05) is 0 Å². The molecule has 0 aromatic rings. The Kier molecular flexibility index (Phi) is 4.20. The van der Waals surface area contributed by atoms with Gasteiger partial charge in [0.2, 0.25) is 0 Å². The van der Waals surface area contributed by atoms with Crippen LogP contribution < -0.4 is 0 Å². The van der Waals surface area contributed by atoms with Crippen molar-refractivity contribution in [3.8, 4) is 6.07 Å². The maximum absolute atomic E-state index is 12.4. The van der Waals surface area contributed by atoms with Gasteiger partial charge in [-0.05, 0) is 13.8 Å². The van der Waals surface area contributed by atoms with E-state index in [0.717, 1.165) is 0 Å². The number of carbonyl (C=O) groups is 1. The van der Waals surface area contributed by atoms with Gasteiger partial charge in [0.05, 0.1) is 0 Å². The van der Waals surface area contributed by atoms with Gasteiger partial charge in [0.25, 0.3) is 12.1 Å². The molecule has 0 fully saturated rings. The Bertz CT molecular complexity index is 172. The Morgan fingerprint density at radius 2 is 2.09 bits per heavy atom. The summed E-state index contributed by atoms with van der Waals surface area (Å²) in [6.07, 6.45) is -2.00. The summed E-state index contributed by atoms with van der Waals surface area (Å²) in [6, 6.07) is 1.26. The molecule has 1 amide bonds. The van der Waals surface area contributed by atoms with Gasteiger partial charge >= 0.3 is 0 Å². The highest BCUT2D eigenvalue weighted by Crippen LogP contribution is 1.97. The van der Waals surface area contributed by atoms with Crippen LogP contribution in [0.4, 0.5) is 4.39 Å². The first kappa shape index (κ1) is 9.89. The van der Waals surface area contributed by atoms with Crippen LogP contribution in [0.3, 0.4) is 0 Å². The Morgan fingerprint density at radius 3 is 2.36 bits per heavy atom. The summed E-state index contributed by atoms with van der Waals surface area (Å²) in [7, 11) is 0. The topological polar surface area (TPSA) is 44.1 Å². The van der Waals surface area contributed by atoms with Gasteiger partial charge in [0.1, 0.15) is 6.07 Å². The van der Waals surface area contributed by atoms with E-state index in [1.165, 1.54) is 11.0 Å². The van der Waals surface area contributed by atoms with Crippen molar-refractivity contribution >= 4 is 5.91 Å². The number of alkyl halides is 1. The van der Waals surface area contributed by atoms with Gasteiger partial charge in [0, 0.05) is 13.1 Å². The highest BCUT2D eigenvalue weighted by Gasteiger charge is 2.20. The third kappa shape index (κ3) is 2.54. The molecule has 0 aliphatic carbocycles.